The van der Waals surface area contributed by atoms with Gasteiger partial charge in [0, 0.05) is 17.5 Å². The van der Waals surface area contributed by atoms with Crippen molar-refractivity contribution in [2.24, 2.45) is 5.73 Å². The van der Waals surface area contributed by atoms with Crippen LogP contribution in [0.1, 0.15) is 35.3 Å². The molecule has 0 aromatic heterocycles. The van der Waals surface area contributed by atoms with E-state index in [1.807, 2.05) is 0 Å². The molecule has 2 aromatic rings. The van der Waals surface area contributed by atoms with Gasteiger partial charge in [0.05, 0.1) is 12.7 Å². The molecule has 0 saturated carbocycles. The van der Waals surface area contributed by atoms with Gasteiger partial charge in [-0.1, -0.05) is 32.0 Å². The number of primary amides is 1. The molecule has 0 atom stereocenters. The van der Waals surface area contributed by atoms with Crippen molar-refractivity contribution in [1.82, 2.24) is 5.32 Å². The summed E-state index contributed by atoms with van der Waals surface area (Å²) in [6, 6.07) is 9.40. The second kappa shape index (κ2) is 9.06. The van der Waals surface area contributed by atoms with Crippen LogP contribution in [0.3, 0.4) is 0 Å². The summed E-state index contributed by atoms with van der Waals surface area (Å²) in [5.74, 6) is -0.608. The van der Waals surface area contributed by atoms with Crippen LogP contribution in [-0.4, -0.2) is 32.1 Å². The molecule has 0 heterocycles. The zero-order chi connectivity index (χ0) is 22.5. The molecule has 0 saturated heterocycles. The average Bonchev–Trinajstić information content (AvgIpc) is 2.69. The van der Waals surface area contributed by atoms with Crippen LogP contribution in [0, 0.1) is 0 Å². The lowest BCUT2D eigenvalue weighted by atomic mass is 9.83. The third-order valence-corrected chi connectivity index (χ3v) is 4.46. The topological polar surface area (TPSA) is 90.7 Å². The van der Waals surface area contributed by atoms with E-state index in [2.05, 4.69) is 5.32 Å². The molecule has 3 N–H and O–H groups in total. The summed E-state index contributed by atoms with van der Waals surface area (Å²) < 4.78 is 49.3. The summed E-state index contributed by atoms with van der Waals surface area (Å²) in [4.78, 5) is 23.4. The Kier molecular flexibility index (Phi) is 6.96. The number of benzene rings is 2. The van der Waals surface area contributed by atoms with E-state index in [1.165, 1.54) is 31.4 Å². The zero-order valence-electron chi connectivity index (χ0n) is 16.8. The van der Waals surface area contributed by atoms with Gasteiger partial charge in [0.15, 0.2) is 18.1 Å². The Labute approximate surface area is 172 Å². The van der Waals surface area contributed by atoms with Crippen molar-refractivity contribution in [2.75, 3.05) is 20.3 Å². The maximum absolute atomic E-state index is 13.0. The Hall–Kier alpha value is -3.23. The van der Waals surface area contributed by atoms with Gasteiger partial charge in [-0.25, -0.2) is 0 Å². The molecule has 0 spiro atoms. The molecule has 6 nitrogen and oxygen atoms in total. The van der Waals surface area contributed by atoms with E-state index < -0.39 is 29.0 Å². The number of carbonyl (C=O) groups excluding carboxylic acids is 2. The van der Waals surface area contributed by atoms with Crippen LogP contribution in [0.15, 0.2) is 42.5 Å². The molecule has 2 aromatic carbocycles. The fraction of sp³-hybridized carbons (Fsp3) is 0.333. The van der Waals surface area contributed by atoms with Crippen molar-refractivity contribution in [3.8, 4) is 11.5 Å². The number of rotatable bonds is 8. The minimum atomic E-state index is -4.44. The number of hydrogen-bond acceptors (Lipinski definition) is 4. The van der Waals surface area contributed by atoms with Gasteiger partial charge in [0.25, 0.3) is 11.8 Å². The summed E-state index contributed by atoms with van der Waals surface area (Å²) in [6.45, 7) is 3.25. The van der Waals surface area contributed by atoms with Crippen LogP contribution in [-0.2, 0) is 16.4 Å². The first-order chi connectivity index (χ1) is 13.9. The van der Waals surface area contributed by atoms with Gasteiger partial charge in [-0.15, -0.1) is 0 Å². The van der Waals surface area contributed by atoms with Crippen molar-refractivity contribution in [1.29, 1.82) is 0 Å². The van der Waals surface area contributed by atoms with Crippen molar-refractivity contribution in [2.45, 2.75) is 25.4 Å². The number of alkyl halides is 3. The lowest BCUT2D eigenvalue weighted by Gasteiger charge is -2.26. The molecule has 0 bridgehead atoms. The molecule has 0 aliphatic rings. The first-order valence-corrected chi connectivity index (χ1v) is 8.99. The molecule has 30 heavy (non-hydrogen) atoms. The highest BCUT2D eigenvalue weighted by molar-refractivity contribution is 5.95. The number of ether oxygens (including phenoxy) is 2. The van der Waals surface area contributed by atoms with Gasteiger partial charge in [0.2, 0.25) is 0 Å². The summed E-state index contributed by atoms with van der Waals surface area (Å²) in [7, 11) is 1.38. The number of nitrogens with two attached hydrogens (primary N) is 1. The smallest absolute Gasteiger partial charge is 0.416 e. The van der Waals surface area contributed by atoms with Crippen molar-refractivity contribution in [3.63, 3.8) is 0 Å². The predicted octanol–water partition coefficient (Wildman–Crippen LogP) is 3.29. The highest BCUT2D eigenvalue weighted by Crippen LogP contribution is 2.33. The van der Waals surface area contributed by atoms with Gasteiger partial charge >= 0.3 is 6.18 Å². The van der Waals surface area contributed by atoms with Crippen LogP contribution in [0.4, 0.5) is 13.2 Å². The quantitative estimate of drug-likeness (QED) is 0.681. The summed E-state index contributed by atoms with van der Waals surface area (Å²) in [6.07, 6.45) is -4.44. The fourth-order valence-electron chi connectivity index (χ4n) is 2.70. The number of carbonyl (C=O) groups is 2. The molecule has 0 aliphatic heterocycles. The number of amides is 2. The van der Waals surface area contributed by atoms with Gasteiger partial charge in [-0.3, -0.25) is 9.59 Å². The van der Waals surface area contributed by atoms with Gasteiger partial charge < -0.3 is 20.5 Å². The molecule has 2 amide bonds. The molecule has 2 rings (SSSR count). The van der Waals surface area contributed by atoms with E-state index in [4.69, 9.17) is 15.2 Å². The van der Waals surface area contributed by atoms with E-state index in [9.17, 15) is 22.8 Å². The molecule has 0 fully saturated rings. The monoisotopic (exact) mass is 424 g/mol. The van der Waals surface area contributed by atoms with E-state index in [-0.39, 0.29) is 30.2 Å². The van der Waals surface area contributed by atoms with Crippen LogP contribution in [0.2, 0.25) is 0 Å². The van der Waals surface area contributed by atoms with Crippen molar-refractivity contribution < 1.29 is 32.2 Å². The largest absolute Gasteiger partial charge is 0.493 e. The average molecular weight is 424 g/mol. The maximum Gasteiger partial charge on any atom is 0.416 e. The number of nitrogens with one attached hydrogen (secondary N) is 1. The molecule has 9 heteroatoms. The van der Waals surface area contributed by atoms with Crippen LogP contribution in [0.5, 0.6) is 11.5 Å². The second-order valence-corrected chi connectivity index (χ2v) is 7.27. The Balaban J connectivity index is 2.11. The Morgan fingerprint density at radius 2 is 1.70 bits per heavy atom. The van der Waals surface area contributed by atoms with Gasteiger partial charge in [-0.05, 0) is 29.8 Å². The molecular formula is C21H23F3N2O4. The van der Waals surface area contributed by atoms with E-state index in [1.54, 1.807) is 19.9 Å². The second-order valence-electron chi connectivity index (χ2n) is 7.27. The highest BCUT2D eigenvalue weighted by atomic mass is 19.4. The van der Waals surface area contributed by atoms with Gasteiger partial charge in [-0.2, -0.15) is 13.2 Å². The Morgan fingerprint density at radius 1 is 1.03 bits per heavy atom. The summed E-state index contributed by atoms with van der Waals surface area (Å²) in [5, 5.41) is 2.73. The first kappa shape index (κ1) is 23.1. The summed E-state index contributed by atoms with van der Waals surface area (Å²) in [5.41, 5.74) is 4.27. The predicted molar refractivity (Wildman–Crippen MR) is 104 cm³/mol. The number of hydrogen-bond donors (Lipinski definition) is 2. The SMILES string of the molecule is COc1cc(C(=O)NCC(C)(C)c2cccc(C(F)(F)F)c2)ccc1OCC(N)=O. The van der Waals surface area contributed by atoms with E-state index >= 15 is 0 Å². The Bertz CT molecular complexity index is 927. The molecule has 0 aliphatic carbocycles. The van der Waals surface area contributed by atoms with Gasteiger partial charge in [0.1, 0.15) is 0 Å². The zero-order valence-corrected chi connectivity index (χ0v) is 16.8. The minimum absolute atomic E-state index is 0.107. The van der Waals surface area contributed by atoms with Crippen molar-refractivity contribution >= 4 is 11.8 Å². The maximum atomic E-state index is 13.0. The lowest BCUT2D eigenvalue weighted by Crippen LogP contribution is -2.36. The normalized spacial score (nSPS) is 11.7. The number of halogens is 3. The fourth-order valence-corrected chi connectivity index (χ4v) is 2.70. The minimum Gasteiger partial charge on any atom is -0.493 e. The lowest BCUT2D eigenvalue weighted by molar-refractivity contribution is -0.137. The van der Waals surface area contributed by atoms with E-state index in [0.29, 0.717) is 5.56 Å². The molecule has 162 valence electrons. The number of methoxy groups -OCH3 is 1. The van der Waals surface area contributed by atoms with Crippen molar-refractivity contribution in [3.05, 3.63) is 59.2 Å². The van der Waals surface area contributed by atoms with Crippen LogP contribution >= 0.6 is 0 Å². The highest BCUT2D eigenvalue weighted by Gasteiger charge is 2.32. The molecule has 0 unspecified atom stereocenters. The molecular weight excluding hydrogens is 401 g/mol. The molecule has 0 radical (unpaired) electrons. The standard InChI is InChI=1S/C21H23F3N2O4/c1-20(2,14-5-4-6-15(10-14)21(22,23)24)12-26-19(28)13-7-8-16(17(9-13)29-3)30-11-18(25)27/h4-10H,11-12H2,1-3H3,(H2,25,27)(H,26,28). The third-order valence-electron chi connectivity index (χ3n) is 4.46. The summed E-state index contributed by atoms with van der Waals surface area (Å²) >= 11 is 0. The van der Waals surface area contributed by atoms with Crippen LogP contribution in [0.25, 0.3) is 0 Å². The Morgan fingerprint density at radius 3 is 2.30 bits per heavy atom. The third kappa shape index (κ3) is 5.88. The van der Waals surface area contributed by atoms with Crippen LogP contribution < -0.4 is 20.5 Å². The first-order valence-electron chi connectivity index (χ1n) is 8.99. The van der Waals surface area contributed by atoms with E-state index in [0.717, 1.165) is 12.1 Å².